The lowest BCUT2D eigenvalue weighted by atomic mass is 9.80. The van der Waals surface area contributed by atoms with Gasteiger partial charge in [-0.15, -0.1) is 0 Å². The number of carbonyl (C=O) groups excluding carboxylic acids is 2. The maximum Gasteiger partial charge on any atom is 0.407 e. The Morgan fingerprint density at radius 3 is 2.37 bits per heavy atom. The van der Waals surface area contributed by atoms with Crippen LogP contribution in [0.4, 0.5) is 4.79 Å². The lowest BCUT2D eigenvalue weighted by Gasteiger charge is -2.47. The first-order chi connectivity index (χ1) is 16.5. The Hall–Kier alpha value is -1.91. The third kappa shape index (κ3) is 9.93. The van der Waals surface area contributed by atoms with Gasteiger partial charge in [0, 0.05) is 25.9 Å². The van der Waals surface area contributed by atoms with Crippen LogP contribution in [0.3, 0.4) is 0 Å². The normalized spacial score (nSPS) is 26.2. The topological polar surface area (TPSA) is 211 Å². The molecule has 0 radical (unpaired) electrons. The highest BCUT2D eigenvalue weighted by Crippen LogP contribution is 2.38. The van der Waals surface area contributed by atoms with E-state index in [1.54, 1.807) is 13.8 Å². The highest BCUT2D eigenvalue weighted by molar-refractivity contribution is 5.84. The summed E-state index contributed by atoms with van der Waals surface area (Å²) in [4.78, 5) is 36.1. The van der Waals surface area contributed by atoms with Gasteiger partial charge in [-0.05, 0) is 13.8 Å². The van der Waals surface area contributed by atoms with E-state index in [0.29, 0.717) is 13.2 Å². The first-order valence-corrected chi connectivity index (χ1v) is 11.2. The largest absolute Gasteiger partial charge is 0.477 e. The molecule has 1 fully saturated rings. The molecule has 0 spiro atoms. The van der Waals surface area contributed by atoms with Gasteiger partial charge in [-0.3, -0.25) is 4.79 Å². The molecule has 6 N–H and O–H groups in total. The molecule has 1 heterocycles. The van der Waals surface area contributed by atoms with E-state index in [4.69, 9.17) is 23.7 Å². The van der Waals surface area contributed by atoms with E-state index in [1.165, 1.54) is 7.11 Å². The Morgan fingerprint density at radius 2 is 1.80 bits per heavy atom. The predicted molar refractivity (Wildman–Crippen MR) is 116 cm³/mol. The van der Waals surface area contributed by atoms with E-state index >= 15 is 0 Å². The average molecular weight is 512 g/mol. The van der Waals surface area contributed by atoms with Crippen LogP contribution in [0.2, 0.25) is 0 Å². The number of Topliss-reactive ketones (excluding diaryl/α,β-unsaturated/α-hetero) is 1. The third-order valence-corrected chi connectivity index (χ3v) is 5.18. The Labute approximate surface area is 203 Å². The minimum atomic E-state index is -2.35. The summed E-state index contributed by atoms with van der Waals surface area (Å²) < 4.78 is 25.7. The number of amides is 1. The van der Waals surface area contributed by atoms with Crippen molar-refractivity contribution in [3.05, 3.63) is 0 Å². The molecule has 0 bridgehead atoms. The Morgan fingerprint density at radius 1 is 1.14 bits per heavy atom. The van der Waals surface area contributed by atoms with Crippen LogP contribution in [0.25, 0.3) is 0 Å². The van der Waals surface area contributed by atoms with E-state index in [2.05, 4.69) is 5.32 Å². The zero-order valence-corrected chi connectivity index (χ0v) is 20.1. The van der Waals surface area contributed by atoms with E-state index in [1.807, 2.05) is 0 Å². The van der Waals surface area contributed by atoms with Crippen molar-refractivity contribution in [2.45, 2.75) is 63.0 Å². The van der Waals surface area contributed by atoms with Gasteiger partial charge in [0.2, 0.25) is 0 Å². The van der Waals surface area contributed by atoms with Crippen LogP contribution >= 0.6 is 0 Å². The predicted octanol–water partition coefficient (Wildman–Crippen LogP) is -1.98. The second-order valence-corrected chi connectivity index (χ2v) is 8.32. The van der Waals surface area contributed by atoms with Gasteiger partial charge < -0.3 is 54.5 Å². The number of hydrogen-bond donors (Lipinski definition) is 6. The molecule has 0 aromatic heterocycles. The van der Waals surface area contributed by atoms with Crippen molar-refractivity contribution in [2.75, 3.05) is 46.7 Å². The number of alkyl carbamates (subject to hydrolysis) is 1. The number of ketones is 1. The molecule has 0 aromatic carbocycles. The van der Waals surface area contributed by atoms with Crippen molar-refractivity contribution >= 4 is 17.8 Å². The third-order valence-electron chi connectivity index (χ3n) is 5.18. The maximum absolute atomic E-state index is 12.5. The van der Waals surface area contributed by atoms with Gasteiger partial charge in [0.15, 0.2) is 5.78 Å². The number of aliphatic hydroxyl groups is 4. The highest BCUT2D eigenvalue weighted by atomic mass is 16.7. The quantitative estimate of drug-likeness (QED) is 0.124. The van der Waals surface area contributed by atoms with Crippen LogP contribution in [-0.4, -0.2) is 126 Å². The SMILES string of the molecule is COCCOCCOC(=O)NCC(=O)C[C@H]1C([C@H](O)[C@H](O)CO)O[C@@](OC(C)C)(C(=O)O)C[C@H]1O. The molecule has 1 aliphatic rings. The summed E-state index contributed by atoms with van der Waals surface area (Å²) in [5.74, 6) is -5.68. The number of aliphatic hydroxyl groups excluding tert-OH is 4. The molecule has 204 valence electrons. The number of carbonyl (C=O) groups is 3. The van der Waals surface area contributed by atoms with Crippen LogP contribution in [0.1, 0.15) is 26.7 Å². The summed E-state index contributed by atoms with van der Waals surface area (Å²) in [7, 11) is 1.52. The number of methoxy groups -OCH3 is 1. The smallest absolute Gasteiger partial charge is 0.407 e. The zero-order valence-electron chi connectivity index (χ0n) is 20.1. The van der Waals surface area contributed by atoms with Crippen molar-refractivity contribution in [1.29, 1.82) is 0 Å². The van der Waals surface area contributed by atoms with Gasteiger partial charge >= 0.3 is 12.1 Å². The lowest BCUT2D eigenvalue weighted by molar-refractivity contribution is -0.327. The fourth-order valence-corrected chi connectivity index (χ4v) is 3.54. The average Bonchev–Trinajstić information content (AvgIpc) is 2.79. The molecular formula is C21H37NO13. The molecule has 6 atom stereocenters. The van der Waals surface area contributed by atoms with Gasteiger partial charge in [-0.25, -0.2) is 9.59 Å². The van der Waals surface area contributed by atoms with Gasteiger partial charge in [0.05, 0.1) is 51.3 Å². The molecule has 14 heteroatoms. The van der Waals surface area contributed by atoms with Crippen molar-refractivity contribution in [1.82, 2.24) is 5.32 Å². The summed E-state index contributed by atoms with van der Waals surface area (Å²) in [5.41, 5.74) is 0. The highest BCUT2D eigenvalue weighted by Gasteiger charge is 2.55. The minimum Gasteiger partial charge on any atom is -0.477 e. The standard InChI is InChI=1S/C21H37NO13/c1-12(2)34-21(19(28)29)9-15(25)14(18(35-21)17(27)16(26)11-23)8-13(24)10-22-20(30)33-7-6-32-5-4-31-3/h12,14-18,23,25-27H,4-11H2,1-3H3,(H,22,30)(H,28,29)/t14-,15-,16-,17-,18?,21-/m1/s1. The van der Waals surface area contributed by atoms with Gasteiger partial charge in [-0.2, -0.15) is 0 Å². The number of hydrogen-bond acceptors (Lipinski definition) is 12. The number of rotatable bonds is 16. The number of ether oxygens (including phenoxy) is 5. The number of carboxylic acid groups (broad SMARTS) is 1. The number of nitrogens with one attached hydrogen (secondary N) is 1. The molecule has 1 rings (SSSR count). The van der Waals surface area contributed by atoms with Gasteiger partial charge in [0.1, 0.15) is 18.8 Å². The summed E-state index contributed by atoms with van der Waals surface area (Å²) in [5, 5.41) is 52.2. The van der Waals surface area contributed by atoms with Crippen LogP contribution in [0.15, 0.2) is 0 Å². The molecule has 0 saturated carbocycles. The molecule has 1 amide bonds. The van der Waals surface area contributed by atoms with Crippen molar-refractivity contribution < 1.29 is 63.6 Å². The Balaban J connectivity index is 2.79. The van der Waals surface area contributed by atoms with Crippen molar-refractivity contribution in [2.24, 2.45) is 5.92 Å². The monoisotopic (exact) mass is 511 g/mol. The molecule has 1 saturated heterocycles. The van der Waals surface area contributed by atoms with Crippen LogP contribution in [0.5, 0.6) is 0 Å². The molecule has 1 unspecified atom stereocenters. The molecule has 35 heavy (non-hydrogen) atoms. The van der Waals surface area contributed by atoms with Gasteiger partial charge in [0.25, 0.3) is 5.79 Å². The Kier molecular flexibility index (Phi) is 13.6. The first kappa shape index (κ1) is 31.1. The van der Waals surface area contributed by atoms with Crippen molar-refractivity contribution in [3.8, 4) is 0 Å². The summed E-state index contributed by atoms with van der Waals surface area (Å²) in [6.07, 6.45) is -9.20. The summed E-state index contributed by atoms with van der Waals surface area (Å²) >= 11 is 0. The van der Waals surface area contributed by atoms with Gasteiger partial charge in [-0.1, -0.05) is 0 Å². The second kappa shape index (κ2) is 15.3. The van der Waals surface area contributed by atoms with E-state index in [9.17, 15) is 39.9 Å². The molecule has 14 nitrogen and oxygen atoms in total. The second-order valence-electron chi connectivity index (χ2n) is 8.32. The fourth-order valence-electron chi connectivity index (χ4n) is 3.54. The minimum absolute atomic E-state index is 0.0562. The van der Waals surface area contributed by atoms with E-state index in [0.717, 1.165) is 0 Å². The molecular weight excluding hydrogens is 474 g/mol. The van der Waals surface area contributed by atoms with Crippen molar-refractivity contribution in [3.63, 3.8) is 0 Å². The number of carboxylic acids is 1. The molecule has 0 aromatic rings. The summed E-state index contributed by atoms with van der Waals surface area (Å²) in [6, 6.07) is 0. The molecule has 0 aliphatic carbocycles. The first-order valence-electron chi connectivity index (χ1n) is 11.2. The zero-order chi connectivity index (χ0) is 26.6. The Bertz CT molecular complexity index is 676. The lowest BCUT2D eigenvalue weighted by Crippen LogP contribution is -2.62. The maximum atomic E-state index is 12.5. The molecule has 1 aliphatic heterocycles. The van der Waals surface area contributed by atoms with E-state index in [-0.39, 0.29) is 13.2 Å². The van der Waals surface area contributed by atoms with Crippen LogP contribution in [0, 0.1) is 5.92 Å². The summed E-state index contributed by atoms with van der Waals surface area (Å²) in [6.45, 7) is 2.51. The van der Waals surface area contributed by atoms with E-state index < -0.39 is 86.1 Å². The van der Waals surface area contributed by atoms with Crippen LogP contribution < -0.4 is 5.32 Å². The number of aliphatic carboxylic acids is 1. The van der Waals surface area contributed by atoms with Crippen LogP contribution in [-0.2, 0) is 33.3 Å². The fraction of sp³-hybridized carbons (Fsp3) is 0.857.